The van der Waals surface area contributed by atoms with Gasteiger partial charge < -0.3 is 14.4 Å². The Balaban J connectivity index is 1.47. The fourth-order valence-electron chi connectivity index (χ4n) is 3.29. The lowest BCUT2D eigenvalue weighted by atomic mass is 10.1. The number of hydrogen-bond donors (Lipinski definition) is 0. The normalized spacial score (nSPS) is 10.5. The number of benzene rings is 2. The molecule has 2 rings (SSSR count). The van der Waals surface area contributed by atoms with E-state index >= 15 is 0 Å². The van der Waals surface area contributed by atoms with Crippen molar-refractivity contribution in [3.63, 3.8) is 0 Å². The minimum absolute atomic E-state index is 0.0264. The van der Waals surface area contributed by atoms with E-state index in [4.69, 9.17) is 9.47 Å². The molecule has 0 aliphatic rings. The first-order valence-electron chi connectivity index (χ1n) is 11.1. The average Bonchev–Trinajstić information content (AvgIpc) is 2.75. The van der Waals surface area contributed by atoms with Gasteiger partial charge in [-0.05, 0) is 49.6 Å². The average molecular weight is 426 g/mol. The van der Waals surface area contributed by atoms with Crippen LogP contribution in [0.4, 0.5) is 5.69 Å². The first kappa shape index (κ1) is 24.4. The molecule has 0 saturated carbocycles. The van der Waals surface area contributed by atoms with Gasteiger partial charge >= 0.3 is 5.97 Å². The number of ketones is 1. The molecule has 168 valence electrons. The van der Waals surface area contributed by atoms with E-state index < -0.39 is 0 Å². The van der Waals surface area contributed by atoms with Gasteiger partial charge in [-0.1, -0.05) is 49.9 Å². The zero-order valence-electron chi connectivity index (χ0n) is 19.1. The smallest absolute Gasteiger partial charge is 0.310 e. The number of anilines is 1. The summed E-state index contributed by atoms with van der Waals surface area (Å²) in [6.07, 6.45) is 6.57. The zero-order chi connectivity index (χ0) is 22.5. The van der Waals surface area contributed by atoms with Crippen LogP contribution in [0.25, 0.3) is 0 Å². The largest absolute Gasteiger partial charge is 0.493 e. The van der Waals surface area contributed by atoms with Crippen molar-refractivity contribution < 1.29 is 19.1 Å². The van der Waals surface area contributed by atoms with E-state index in [-0.39, 0.29) is 11.8 Å². The van der Waals surface area contributed by atoms with Crippen molar-refractivity contribution in [1.82, 2.24) is 0 Å². The number of unbranched alkanes of at least 4 members (excludes halogenated alkanes) is 5. The minimum Gasteiger partial charge on any atom is -0.493 e. The summed E-state index contributed by atoms with van der Waals surface area (Å²) in [7, 11) is 3.99. The van der Waals surface area contributed by atoms with Gasteiger partial charge in [0.1, 0.15) is 5.75 Å². The zero-order valence-corrected chi connectivity index (χ0v) is 19.1. The SMILES string of the molecule is CC(=O)c1ccccc1OCCCCCCCCOC(=O)Cc1ccc(N(C)C)cc1. The fourth-order valence-corrected chi connectivity index (χ4v) is 3.29. The van der Waals surface area contributed by atoms with E-state index in [1.54, 1.807) is 13.0 Å². The third kappa shape index (κ3) is 9.24. The molecule has 0 bridgehead atoms. The highest BCUT2D eigenvalue weighted by atomic mass is 16.5. The Hall–Kier alpha value is -2.82. The summed E-state index contributed by atoms with van der Waals surface area (Å²) in [6.45, 7) is 2.67. The highest BCUT2D eigenvalue weighted by Gasteiger charge is 2.07. The predicted octanol–water partition coefficient (Wildman–Crippen LogP) is 5.46. The second-order valence-electron chi connectivity index (χ2n) is 7.98. The number of esters is 1. The van der Waals surface area contributed by atoms with Crippen molar-refractivity contribution in [2.45, 2.75) is 51.9 Å². The number of carbonyl (C=O) groups is 2. The summed E-state index contributed by atoms with van der Waals surface area (Å²) < 4.78 is 11.1. The van der Waals surface area contributed by atoms with Crippen LogP contribution in [-0.2, 0) is 16.0 Å². The van der Waals surface area contributed by atoms with Gasteiger partial charge in [0.15, 0.2) is 5.78 Å². The van der Waals surface area contributed by atoms with Gasteiger partial charge in [-0.3, -0.25) is 9.59 Å². The Morgan fingerprint density at radius 2 is 1.42 bits per heavy atom. The predicted molar refractivity (Wildman–Crippen MR) is 125 cm³/mol. The summed E-state index contributed by atoms with van der Waals surface area (Å²) in [5.74, 6) is 0.532. The Labute approximate surface area is 186 Å². The van der Waals surface area contributed by atoms with Crippen molar-refractivity contribution in [2.24, 2.45) is 0 Å². The quantitative estimate of drug-likeness (QED) is 0.228. The van der Waals surface area contributed by atoms with Gasteiger partial charge in [0.2, 0.25) is 0 Å². The maximum absolute atomic E-state index is 12.0. The highest BCUT2D eigenvalue weighted by molar-refractivity contribution is 5.96. The summed E-state index contributed by atoms with van der Waals surface area (Å²) in [5.41, 5.74) is 2.73. The molecular formula is C26H35NO4. The van der Waals surface area contributed by atoms with E-state index in [0.717, 1.165) is 49.8 Å². The monoisotopic (exact) mass is 425 g/mol. The van der Waals surface area contributed by atoms with E-state index in [1.165, 1.54) is 0 Å². The number of rotatable bonds is 14. The Morgan fingerprint density at radius 1 is 0.806 bits per heavy atom. The van der Waals surface area contributed by atoms with E-state index in [9.17, 15) is 9.59 Å². The molecule has 31 heavy (non-hydrogen) atoms. The number of nitrogens with zero attached hydrogens (tertiary/aromatic N) is 1. The third-order valence-corrected chi connectivity index (χ3v) is 5.13. The molecule has 0 radical (unpaired) electrons. The molecule has 0 N–H and O–H groups in total. The Kier molecular flexibility index (Phi) is 10.6. The molecular weight excluding hydrogens is 390 g/mol. The van der Waals surface area contributed by atoms with Crippen LogP contribution in [0.1, 0.15) is 61.4 Å². The van der Waals surface area contributed by atoms with Crippen molar-refractivity contribution >= 4 is 17.4 Å². The second kappa shape index (κ2) is 13.5. The van der Waals surface area contributed by atoms with Crippen LogP contribution < -0.4 is 9.64 Å². The lowest BCUT2D eigenvalue weighted by molar-refractivity contribution is -0.142. The summed E-state index contributed by atoms with van der Waals surface area (Å²) >= 11 is 0. The fraction of sp³-hybridized carbons (Fsp3) is 0.462. The van der Waals surface area contributed by atoms with Crippen molar-refractivity contribution in [1.29, 1.82) is 0 Å². The van der Waals surface area contributed by atoms with Gasteiger partial charge in [0.05, 0.1) is 25.2 Å². The molecule has 0 heterocycles. The van der Waals surface area contributed by atoms with Crippen LogP contribution in [0.5, 0.6) is 5.75 Å². The van der Waals surface area contributed by atoms with E-state index in [0.29, 0.717) is 30.9 Å². The van der Waals surface area contributed by atoms with Crippen molar-refractivity contribution in [3.8, 4) is 5.75 Å². The number of para-hydroxylation sites is 1. The van der Waals surface area contributed by atoms with Gasteiger partial charge in [-0.25, -0.2) is 0 Å². The Bertz CT molecular complexity index is 814. The van der Waals surface area contributed by atoms with Gasteiger partial charge in [-0.15, -0.1) is 0 Å². The molecule has 2 aromatic carbocycles. The molecule has 0 aliphatic carbocycles. The maximum atomic E-state index is 12.0. The van der Waals surface area contributed by atoms with Crippen LogP contribution in [0.2, 0.25) is 0 Å². The van der Waals surface area contributed by atoms with Crippen LogP contribution in [0, 0.1) is 0 Å². The van der Waals surface area contributed by atoms with Crippen LogP contribution in [0.3, 0.4) is 0 Å². The standard InChI is InChI=1S/C26H35NO4/c1-21(28)24-12-8-9-13-25(24)30-18-10-6-4-5-7-11-19-31-26(29)20-22-14-16-23(17-15-22)27(2)3/h8-9,12-17H,4-7,10-11,18-20H2,1-3H3. The van der Waals surface area contributed by atoms with Crippen LogP contribution >= 0.6 is 0 Å². The summed E-state index contributed by atoms with van der Waals surface area (Å²) in [6, 6.07) is 15.3. The molecule has 0 atom stereocenters. The molecule has 0 aliphatic heterocycles. The molecule has 5 nitrogen and oxygen atoms in total. The Morgan fingerprint density at radius 3 is 2.06 bits per heavy atom. The van der Waals surface area contributed by atoms with E-state index in [1.807, 2.05) is 61.5 Å². The summed E-state index contributed by atoms with van der Waals surface area (Å²) in [4.78, 5) is 25.6. The lowest BCUT2D eigenvalue weighted by Crippen LogP contribution is -2.10. The molecule has 0 aromatic heterocycles. The first-order valence-corrected chi connectivity index (χ1v) is 11.1. The lowest BCUT2D eigenvalue weighted by Gasteiger charge is -2.12. The van der Waals surface area contributed by atoms with E-state index in [2.05, 4.69) is 0 Å². The van der Waals surface area contributed by atoms with Crippen LogP contribution in [-0.4, -0.2) is 39.1 Å². The highest BCUT2D eigenvalue weighted by Crippen LogP contribution is 2.19. The summed E-state index contributed by atoms with van der Waals surface area (Å²) in [5, 5.41) is 0. The number of carbonyl (C=O) groups excluding carboxylic acids is 2. The number of ether oxygens (including phenoxy) is 2. The number of Topliss-reactive ketones (excluding diaryl/α,β-unsaturated/α-hetero) is 1. The number of hydrogen-bond acceptors (Lipinski definition) is 5. The van der Waals surface area contributed by atoms with Gasteiger partial charge in [0.25, 0.3) is 0 Å². The van der Waals surface area contributed by atoms with Crippen molar-refractivity contribution in [3.05, 3.63) is 59.7 Å². The molecule has 0 amide bonds. The molecule has 0 unspecified atom stereocenters. The van der Waals surface area contributed by atoms with Gasteiger partial charge in [0, 0.05) is 19.8 Å². The molecule has 5 heteroatoms. The van der Waals surface area contributed by atoms with Crippen LogP contribution in [0.15, 0.2) is 48.5 Å². The topological polar surface area (TPSA) is 55.8 Å². The first-order chi connectivity index (χ1) is 15.0. The second-order valence-corrected chi connectivity index (χ2v) is 7.98. The van der Waals surface area contributed by atoms with Gasteiger partial charge in [-0.2, -0.15) is 0 Å². The molecule has 0 spiro atoms. The molecule has 0 saturated heterocycles. The third-order valence-electron chi connectivity index (χ3n) is 5.13. The molecule has 2 aromatic rings. The maximum Gasteiger partial charge on any atom is 0.310 e. The minimum atomic E-state index is -0.166. The molecule has 0 fully saturated rings. The van der Waals surface area contributed by atoms with Crippen molar-refractivity contribution in [2.75, 3.05) is 32.2 Å².